The van der Waals surface area contributed by atoms with Crippen LogP contribution in [0.15, 0.2) is 12.2 Å². The van der Waals surface area contributed by atoms with Gasteiger partial charge in [0.05, 0.1) is 34.4 Å². The van der Waals surface area contributed by atoms with Gasteiger partial charge in [0.2, 0.25) is 0 Å². The van der Waals surface area contributed by atoms with Crippen molar-refractivity contribution in [3.63, 3.8) is 0 Å². The summed E-state index contributed by atoms with van der Waals surface area (Å²) in [7, 11) is 1.68. The molecule has 0 spiro atoms. The van der Waals surface area contributed by atoms with Crippen molar-refractivity contribution in [2.24, 2.45) is 0 Å². The van der Waals surface area contributed by atoms with Gasteiger partial charge in [0, 0.05) is 13.0 Å². The molecule has 0 aliphatic carbocycles. The maximum Gasteiger partial charge on any atom is 0.472 e. The minimum absolute atomic E-state index is 0.0914. The zero-order valence-corrected chi connectivity index (χ0v) is 42.3. The van der Waals surface area contributed by atoms with Crippen molar-refractivity contribution >= 4 is 13.8 Å². The molecular formula is C52H105NO7P+. The van der Waals surface area contributed by atoms with Crippen LogP contribution in [0.4, 0.5) is 0 Å². The normalized spacial score (nSPS) is 13.6. The van der Waals surface area contributed by atoms with Crippen molar-refractivity contribution in [3.8, 4) is 0 Å². The second kappa shape index (κ2) is 45.8. The Kier molecular flexibility index (Phi) is 45.2. The Bertz CT molecular complexity index is 987. The van der Waals surface area contributed by atoms with Gasteiger partial charge in [-0.3, -0.25) is 13.8 Å². The minimum atomic E-state index is -4.28. The predicted octanol–water partition coefficient (Wildman–Crippen LogP) is 16.2. The van der Waals surface area contributed by atoms with Crippen LogP contribution in [0.3, 0.4) is 0 Å². The average molecular weight is 887 g/mol. The van der Waals surface area contributed by atoms with E-state index < -0.39 is 13.9 Å². The maximum absolute atomic E-state index is 12.8. The lowest BCUT2D eigenvalue weighted by atomic mass is 10.0. The predicted molar refractivity (Wildman–Crippen MR) is 261 cm³/mol. The van der Waals surface area contributed by atoms with E-state index in [-0.39, 0.29) is 25.8 Å². The topological polar surface area (TPSA) is 91.3 Å². The smallest absolute Gasteiger partial charge is 0.457 e. The van der Waals surface area contributed by atoms with Crippen molar-refractivity contribution in [3.05, 3.63) is 12.2 Å². The Morgan fingerprint density at radius 2 is 0.852 bits per heavy atom. The fourth-order valence-electron chi connectivity index (χ4n) is 7.73. The highest BCUT2D eigenvalue weighted by Crippen LogP contribution is 2.43. The summed E-state index contributed by atoms with van der Waals surface area (Å²) in [5.74, 6) is -0.312. The van der Waals surface area contributed by atoms with Gasteiger partial charge in [-0.1, -0.05) is 225 Å². The number of esters is 1. The van der Waals surface area contributed by atoms with Crippen LogP contribution in [-0.4, -0.2) is 75.6 Å². The highest BCUT2D eigenvalue weighted by atomic mass is 31.2. The van der Waals surface area contributed by atoms with Gasteiger partial charge in [-0.2, -0.15) is 0 Å². The van der Waals surface area contributed by atoms with Crippen molar-refractivity contribution in [2.75, 3.05) is 54.1 Å². The lowest BCUT2D eigenvalue weighted by molar-refractivity contribution is -0.870. The molecule has 61 heavy (non-hydrogen) atoms. The largest absolute Gasteiger partial charge is 0.472 e. The molecule has 8 nitrogen and oxygen atoms in total. The summed E-state index contributed by atoms with van der Waals surface area (Å²) in [5, 5.41) is 0. The third kappa shape index (κ3) is 50.1. The summed E-state index contributed by atoms with van der Waals surface area (Å²) in [6.45, 7) is 5.68. The number of carbonyl (C=O) groups is 1. The molecule has 1 N–H and O–H groups in total. The Morgan fingerprint density at radius 3 is 1.25 bits per heavy atom. The zero-order chi connectivity index (χ0) is 44.8. The number of ether oxygens (including phenoxy) is 2. The molecule has 364 valence electrons. The molecule has 2 atom stereocenters. The second-order valence-corrected chi connectivity index (χ2v) is 20.7. The first-order chi connectivity index (χ1) is 29.6. The van der Waals surface area contributed by atoms with Gasteiger partial charge in [0.25, 0.3) is 0 Å². The van der Waals surface area contributed by atoms with Crippen molar-refractivity contribution in [1.82, 2.24) is 0 Å². The number of carbonyl (C=O) groups excluding carboxylic acids is 1. The number of hydrogen-bond donors (Lipinski definition) is 1. The molecule has 0 rings (SSSR count). The molecule has 0 aromatic rings. The van der Waals surface area contributed by atoms with Crippen LogP contribution in [0.1, 0.15) is 258 Å². The number of phosphoric acid groups is 1. The van der Waals surface area contributed by atoms with Crippen LogP contribution < -0.4 is 0 Å². The molecule has 9 heteroatoms. The van der Waals surface area contributed by atoms with Crippen molar-refractivity contribution in [1.29, 1.82) is 0 Å². The third-order valence-electron chi connectivity index (χ3n) is 11.8. The van der Waals surface area contributed by atoms with E-state index in [2.05, 4.69) is 26.0 Å². The fourth-order valence-corrected chi connectivity index (χ4v) is 8.47. The summed E-state index contributed by atoms with van der Waals surface area (Å²) < 4.78 is 35.2. The van der Waals surface area contributed by atoms with E-state index in [1.165, 1.54) is 205 Å². The Labute approximate surface area is 380 Å². The Hall–Kier alpha value is -0.760. The number of phosphoric ester groups is 1. The van der Waals surface area contributed by atoms with E-state index in [1.54, 1.807) is 0 Å². The molecule has 0 aromatic carbocycles. The van der Waals surface area contributed by atoms with E-state index in [1.807, 2.05) is 21.1 Å². The van der Waals surface area contributed by atoms with E-state index in [0.29, 0.717) is 24.1 Å². The molecule has 0 amide bonds. The van der Waals surface area contributed by atoms with E-state index in [9.17, 15) is 14.3 Å². The summed E-state index contributed by atoms with van der Waals surface area (Å²) in [6.07, 6.45) is 52.6. The lowest BCUT2D eigenvalue weighted by Crippen LogP contribution is -2.37. The van der Waals surface area contributed by atoms with E-state index >= 15 is 0 Å². The first-order valence-electron chi connectivity index (χ1n) is 26.4. The molecule has 0 bridgehead atoms. The van der Waals surface area contributed by atoms with Gasteiger partial charge in [0.15, 0.2) is 0 Å². The molecule has 0 radical (unpaired) electrons. The summed E-state index contributed by atoms with van der Waals surface area (Å²) in [4.78, 5) is 23.0. The molecular weight excluding hydrogens is 782 g/mol. The number of quaternary nitrogens is 1. The first-order valence-corrected chi connectivity index (χ1v) is 27.9. The number of unbranched alkanes of at least 4 members (excludes halogenated alkanes) is 34. The third-order valence-corrected chi connectivity index (χ3v) is 12.8. The lowest BCUT2D eigenvalue weighted by Gasteiger charge is -2.24. The molecule has 0 heterocycles. The summed E-state index contributed by atoms with van der Waals surface area (Å²) >= 11 is 0. The average Bonchev–Trinajstić information content (AvgIpc) is 3.22. The van der Waals surface area contributed by atoms with E-state index in [4.69, 9.17) is 18.5 Å². The fraction of sp³-hybridized carbons (Fsp3) is 0.942. The van der Waals surface area contributed by atoms with Gasteiger partial charge >= 0.3 is 13.8 Å². The highest BCUT2D eigenvalue weighted by molar-refractivity contribution is 7.47. The Morgan fingerprint density at radius 1 is 0.492 bits per heavy atom. The molecule has 0 fully saturated rings. The summed E-state index contributed by atoms with van der Waals surface area (Å²) in [5.41, 5.74) is 0. The SMILES string of the molecule is CCCCCCCCC/C=C\CCCCCCCCCC(=O)OC(COCCCCCCCCCCCCCCCCCCCCCCC)COP(=O)(O)OCC[N+](C)(C)C. The van der Waals surface area contributed by atoms with Crippen molar-refractivity contribution in [2.45, 2.75) is 264 Å². The van der Waals surface area contributed by atoms with Crippen LogP contribution in [0.5, 0.6) is 0 Å². The number of rotatable bonds is 50. The number of hydrogen-bond acceptors (Lipinski definition) is 6. The molecule has 0 aromatic heterocycles. The Balaban J connectivity index is 4.09. The molecule has 2 unspecified atom stereocenters. The first kappa shape index (κ1) is 60.2. The maximum atomic E-state index is 12.8. The van der Waals surface area contributed by atoms with Gasteiger partial charge in [0.1, 0.15) is 19.3 Å². The van der Waals surface area contributed by atoms with Gasteiger partial charge in [-0.05, 0) is 38.5 Å². The quantitative estimate of drug-likeness (QED) is 0.0214. The monoisotopic (exact) mass is 887 g/mol. The number of likely N-dealkylation sites (N-methyl/N-ethyl adjacent to an activating group) is 1. The summed E-state index contributed by atoms with van der Waals surface area (Å²) in [6, 6.07) is 0. The van der Waals surface area contributed by atoms with E-state index in [0.717, 1.165) is 32.1 Å². The van der Waals surface area contributed by atoms with Gasteiger partial charge < -0.3 is 18.9 Å². The van der Waals surface area contributed by atoms with Crippen LogP contribution in [0.25, 0.3) is 0 Å². The van der Waals surface area contributed by atoms with Crippen molar-refractivity contribution < 1.29 is 37.3 Å². The minimum Gasteiger partial charge on any atom is -0.457 e. The van der Waals surface area contributed by atoms with Gasteiger partial charge in [-0.25, -0.2) is 4.57 Å². The van der Waals surface area contributed by atoms with Crippen LogP contribution in [0, 0.1) is 0 Å². The second-order valence-electron chi connectivity index (χ2n) is 19.3. The molecule has 0 saturated heterocycles. The number of nitrogens with zero attached hydrogens (tertiary/aromatic N) is 1. The van der Waals surface area contributed by atoms with Gasteiger partial charge in [-0.15, -0.1) is 0 Å². The molecule has 0 aliphatic heterocycles. The van der Waals surface area contributed by atoms with Crippen LogP contribution >= 0.6 is 7.82 Å². The highest BCUT2D eigenvalue weighted by Gasteiger charge is 2.26. The number of allylic oxidation sites excluding steroid dienone is 2. The molecule has 0 aliphatic rings. The van der Waals surface area contributed by atoms with Crippen LogP contribution in [0.2, 0.25) is 0 Å². The van der Waals surface area contributed by atoms with Crippen LogP contribution in [-0.2, 0) is 27.9 Å². The zero-order valence-electron chi connectivity index (χ0n) is 41.4. The standard InChI is InChI=1S/C52H104NO7P/c1-6-8-10-12-14-16-18-20-22-24-26-27-28-30-32-34-36-38-40-42-44-47-57-49-51(50-59-61(55,56)58-48-46-53(3,4)5)60-52(54)45-43-41-39-37-35-33-31-29-25-23-21-19-17-15-13-11-9-7-2/h23,25,51H,6-22,24,26-50H2,1-5H3/p+1/b25-23-. The molecule has 0 saturated carbocycles.